The average Bonchev–Trinajstić information content (AvgIpc) is 2.16. The highest BCUT2D eigenvalue weighted by Crippen LogP contribution is 2.19. The monoisotopic (exact) mass is 195 g/mol. The van der Waals surface area contributed by atoms with Gasteiger partial charge in [0.05, 0.1) is 4.92 Å². The molecule has 0 aliphatic heterocycles. The van der Waals surface area contributed by atoms with Crippen molar-refractivity contribution in [2.24, 2.45) is 0 Å². The van der Waals surface area contributed by atoms with E-state index in [9.17, 15) is 14.9 Å². The molecule has 14 heavy (non-hydrogen) atoms. The lowest BCUT2D eigenvalue weighted by atomic mass is 10.1. The number of benzene rings is 1. The molecule has 0 aliphatic rings. The molecule has 0 bridgehead atoms. The third kappa shape index (κ3) is 2.29. The van der Waals surface area contributed by atoms with E-state index in [0.717, 1.165) is 0 Å². The predicted octanol–water partition coefficient (Wildman–Crippen LogP) is 1.58. The lowest BCUT2D eigenvalue weighted by Gasteiger charge is -2.01. The van der Waals surface area contributed by atoms with Crippen LogP contribution in [0, 0.1) is 17.0 Å². The minimum absolute atomic E-state index is 0.0389. The summed E-state index contributed by atoms with van der Waals surface area (Å²) >= 11 is 0. The van der Waals surface area contributed by atoms with Crippen LogP contribution in [0.3, 0.4) is 0 Å². The van der Waals surface area contributed by atoms with Crippen molar-refractivity contribution in [3.8, 4) is 0 Å². The normalized spacial score (nSPS) is 9.50. The second kappa shape index (κ2) is 4.36. The highest BCUT2D eigenvalue weighted by Gasteiger charge is 2.10. The van der Waals surface area contributed by atoms with Crippen molar-refractivity contribution in [1.82, 2.24) is 0 Å². The van der Waals surface area contributed by atoms with Crippen molar-refractivity contribution in [3.63, 3.8) is 0 Å². The fourth-order valence-electron chi connectivity index (χ4n) is 1.07. The van der Waals surface area contributed by atoms with Gasteiger partial charge in [-0.05, 0) is 12.5 Å². The van der Waals surface area contributed by atoms with Crippen LogP contribution in [0.5, 0.6) is 0 Å². The first kappa shape index (κ1) is 10.2. The molecule has 0 spiro atoms. The van der Waals surface area contributed by atoms with E-state index in [-0.39, 0.29) is 12.3 Å². The van der Waals surface area contributed by atoms with Crippen LogP contribution in [0.15, 0.2) is 18.2 Å². The Morgan fingerprint density at radius 2 is 2.29 bits per heavy atom. The highest BCUT2D eigenvalue weighted by molar-refractivity contribution is 5.43. The molecule has 0 heterocycles. The van der Waals surface area contributed by atoms with Crippen LogP contribution in [0.25, 0.3) is 0 Å². The molecule has 0 unspecified atom stereocenters. The van der Waals surface area contributed by atoms with E-state index < -0.39 is 4.92 Å². The molecule has 1 aromatic rings. The molecule has 1 rings (SSSR count). The van der Waals surface area contributed by atoms with Crippen molar-refractivity contribution in [1.29, 1.82) is 0 Å². The molecule has 0 aliphatic carbocycles. The predicted molar refractivity (Wildman–Crippen MR) is 48.7 cm³/mol. The van der Waals surface area contributed by atoms with Gasteiger partial charge in [0.1, 0.15) is 6.61 Å². The molecule has 0 radical (unpaired) electrons. The molecule has 5 nitrogen and oxygen atoms in total. The number of rotatable bonds is 4. The van der Waals surface area contributed by atoms with E-state index in [2.05, 4.69) is 4.74 Å². The third-order valence-corrected chi connectivity index (χ3v) is 1.79. The molecule has 74 valence electrons. The zero-order chi connectivity index (χ0) is 10.6. The largest absolute Gasteiger partial charge is 0.463 e. The number of carbonyl (C=O) groups is 1. The Balaban J connectivity index is 2.94. The van der Waals surface area contributed by atoms with Crippen molar-refractivity contribution in [2.75, 3.05) is 0 Å². The fraction of sp³-hybridized carbons (Fsp3) is 0.222. The van der Waals surface area contributed by atoms with Crippen LogP contribution < -0.4 is 0 Å². The molecule has 0 amide bonds. The Bertz CT molecular complexity index is 362. The molecule has 5 heteroatoms. The Labute approximate surface area is 80.5 Å². The summed E-state index contributed by atoms with van der Waals surface area (Å²) in [5.74, 6) is 0. The zero-order valence-corrected chi connectivity index (χ0v) is 7.60. The molecule has 0 saturated heterocycles. The number of nitrogens with zero attached hydrogens (tertiary/aromatic N) is 1. The van der Waals surface area contributed by atoms with Crippen molar-refractivity contribution in [3.05, 3.63) is 39.4 Å². The van der Waals surface area contributed by atoms with Crippen LogP contribution in [0.2, 0.25) is 0 Å². The summed E-state index contributed by atoms with van der Waals surface area (Å²) in [6.45, 7) is 2.03. The standard InChI is InChI=1S/C9H9NO4/c1-7-2-3-8(5-14-6-11)4-9(7)10(12)13/h2-4,6H,5H2,1H3. The van der Waals surface area contributed by atoms with Gasteiger partial charge in [0.25, 0.3) is 12.2 Å². The summed E-state index contributed by atoms with van der Waals surface area (Å²) in [5.41, 5.74) is 1.23. The van der Waals surface area contributed by atoms with E-state index in [0.29, 0.717) is 17.6 Å². The minimum atomic E-state index is -0.459. The maximum absolute atomic E-state index is 10.5. The first-order chi connectivity index (χ1) is 6.65. The fourth-order valence-corrected chi connectivity index (χ4v) is 1.07. The van der Waals surface area contributed by atoms with Gasteiger partial charge in [-0.1, -0.05) is 12.1 Å². The van der Waals surface area contributed by atoms with Gasteiger partial charge in [-0.25, -0.2) is 0 Å². The number of hydrogen-bond acceptors (Lipinski definition) is 4. The molecular weight excluding hydrogens is 186 g/mol. The molecule has 0 aromatic heterocycles. The molecule has 1 aromatic carbocycles. The highest BCUT2D eigenvalue weighted by atomic mass is 16.6. The maximum atomic E-state index is 10.5. The lowest BCUT2D eigenvalue weighted by Crippen LogP contribution is -1.95. The third-order valence-electron chi connectivity index (χ3n) is 1.79. The number of nitro groups is 1. The molecular formula is C9H9NO4. The van der Waals surface area contributed by atoms with E-state index >= 15 is 0 Å². The smallest absolute Gasteiger partial charge is 0.293 e. The second-order valence-electron chi connectivity index (χ2n) is 2.79. The van der Waals surface area contributed by atoms with Gasteiger partial charge in [-0.2, -0.15) is 0 Å². The van der Waals surface area contributed by atoms with Crippen molar-refractivity contribution >= 4 is 12.2 Å². The first-order valence-corrected chi connectivity index (χ1v) is 3.94. The Hall–Kier alpha value is -1.91. The van der Waals surface area contributed by atoms with Crippen LogP contribution in [0.1, 0.15) is 11.1 Å². The summed E-state index contributed by atoms with van der Waals surface area (Å²) in [6, 6.07) is 4.71. The van der Waals surface area contributed by atoms with Gasteiger partial charge < -0.3 is 4.74 Å². The number of aryl methyl sites for hydroxylation is 1. The summed E-state index contributed by atoms with van der Waals surface area (Å²) in [5, 5.41) is 10.5. The number of nitro benzene ring substituents is 1. The van der Waals surface area contributed by atoms with E-state index in [1.807, 2.05) is 0 Å². The van der Waals surface area contributed by atoms with E-state index in [1.54, 1.807) is 19.1 Å². The number of carbonyl (C=O) groups excluding carboxylic acids is 1. The van der Waals surface area contributed by atoms with Crippen molar-refractivity contribution in [2.45, 2.75) is 13.5 Å². The average molecular weight is 195 g/mol. The van der Waals surface area contributed by atoms with Crippen LogP contribution >= 0.6 is 0 Å². The molecule has 0 saturated carbocycles. The molecule has 0 atom stereocenters. The van der Waals surface area contributed by atoms with E-state index in [1.165, 1.54) is 6.07 Å². The summed E-state index contributed by atoms with van der Waals surface area (Å²) in [6.07, 6.45) is 0. The zero-order valence-electron chi connectivity index (χ0n) is 7.60. The lowest BCUT2D eigenvalue weighted by molar-refractivity contribution is -0.385. The van der Waals surface area contributed by atoms with E-state index in [4.69, 9.17) is 0 Å². The molecule has 0 fully saturated rings. The van der Waals surface area contributed by atoms with Gasteiger partial charge in [0.15, 0.2) is 0 Å². The number of ether oxygens (including phenoxy) is 1. The van der Waals surface area contributed by atoms with Gasteiger partial charge in [0, 0.05) is 11.6 Å². The van der Waals surface area contributed by atoms with Gasteiger partial charge in [0.2, 0.25) is 0 Å². The topological polar surface area (TPSA) is 69.4 Å². The summed E-state index contributed by atoms with van der Waals surface area (Å²) < 4.78 is 4.49. The SMILES string of the molecule is Cc1ccc(COC=O)cc1[N+](=O)[O-]. The minimum Gasteiger partial charge on any atom is -0.463 e. The maximum Gasteiger partial charge on any atom is 0.293 e. The Morgan fingerprint density at radius 3 is 2.86 bits per heavy atom. The van der Waals surface area contributed by atoms with Crippen molar-refractivity contribution < 1.29 is 14.5 Å². The van der Waals surface area contributed by atoms with Gasteiger partial charge >= 0.3 is 0 Å². The Kier molecular flexibility index (Phi) is 3.17. The first-order valence-electron chi connectivity index (χ1n) is 3.94. The van der Waals surface area contributed by atoms with Crippen LogP contribution in [-0.2, 0) is 16.1 Å². The number of hydrogen-bond donors (Lipinski definition) is 0. The molecule has 0 N–H and O–H groups in total. The summed E-state index contributed by atoms with van der Waals surface area (Å²) in [4.78, 5) is 20.0. The second-order valence-corrected chi connectivity index (χ2v) is 2.79. The Morgan fingerprint density at radius 1 is 1.57 bits per heavy atom. The van der Waals surface area contributed by atoms with Gasteiger partial charge in [-0.3, -0.25) is 14.9 Å². The quantitative estimate of drug-likeness (QED) is 0.415. The summed E-state index contributed by atoms with van der Waals surface area (Å²) in [7, 11) is 0. The van der Waals surface area contributed by atoms with Crippen LogP contribution in [-0.4, -0.2) is 11.4 Å². The van der Waals surface area contributed by atoms with Crippen LogP contribution in [0.4, 0.5) is 5.69 Å². The van der Waals surface area contributed by atoms with Gasteiger partial charge in [-0.15, -0.1) is 0 Å².